The molecule has 0 aromatic carbocycles. The summed E-state index contributed by atoms with van der Waals surface area (Å²) in [6.45, 7) is 10.1. The van der Waals surface area contributed by atoms with Crippen LogP contribution in [0.5, 0.6) is 0 Å². The van der Waals surface area contributed by atoms with Crippen molar-refractivity contribution in [3.63, 3.8) is 0 Å². The molecule has 1 N–H and O–H groups in total. The van der Waals surface area contributed by atoms with Crippen molar-refractivity contribution in [2.75, 3.05) is 6.67 Å². The molecular weight excluding hydrogens is 225 g/mol. The van der Waals surface area contributed by atoms with Crippen LogP contribution in [0.4, 0.5) is 9.18 Å². The normalized spacial score (nSPS) is 14.3. The van der Waals surface area contributed by atoms with E-state index >= 15 is 0 Å². The van der Waals surface area contributed by atoms with Gasteiger partial charge >= 0.3 is 6.09 Å². The Kier molecular flexibility index (Phi) is 5.88. The fraction of sp³-hybridized carbons (Fsp3) is 0.917. The van der Waals surface area contributed by atoms with Gasteiger partial charge in [0.15, 0.2) is 0 Å². The maximum absolute atomic E-state index is 12.1. The number of hydrogen-bond acceptors (Lipinski definition) is 3. The molecule has 0 aliphatic heterocycles. The van der Waals surface area contributed by atoms with Crippen molar-refractivity contribution in [2.45, 2.75) is 65.4 Å². The monoisotopic (exact) mass is 249 g/mol. The first kappa shape index (κ1) is 16.2. The van der Waals surface area contributed by atoms with Crippen LogP contribution in [-0.4, -0.2) is 30.2 Å². The second kappa shape index (κ2) is 6.19. The highest BCUT2D eigenvalue weighted by molar-refractivity contribution is 5.68. The number of halogens is 1. The number of nitrogens with one attached hydrogen (secondary N) is 1. The van der Waals surface area contributed by atoms with E-state index in [1.165, 1.54) is 0 Å². The summed E-state index contributed by atoms with van der Waals surface area (Å²) in [6.07, 6.45) is -0.501. The molecule has 4 nitrogen and oxygen atoms in total. The lowest BCUT2D eigenvalue weighted by Crippen LogP contribution is -2.49. The summed E-state index contributed by atoms with van der Waals surface area (Å²) in [7, 11) is 0. The van der Waals surface area contributed by atoms with Gasteiger partial charge in [0, 0.05) is 6.42 Å². The van der Waals surface area contributed by atoms with E-state index in [-0.39, 0.29) is 6.10 Å². The topological polar surface area (TPSA) is 47.6 Å². The molecule has 0 aromatic rings. The Morgan fingerprint density at radius 3 is 2.24 bits per heavy atom. The molecule has 1 atom stereocenters. The zero-order valence-electron chi connectivity index (χ0n) is 11.6. The van der Waals surface area contributed by atoms with E-state index in [0.29, 0.717) is 6.42 Å². The van der Waals surface area contributed by atoms with Crippen LogP contribution in [0.3, 0.4) is 0 Å². The SMILES string of the molecule is CC(CCF)OC(C)(C)NC(=O)OC(C)(C)C. The first-order chi connectivity index (χ1) is 7.56. The molecule has 0 heterocycles. The van der Waals surface area contributed by atoms with Gasteiger partial charge in [0.05, 0.1) is 12.8 Å². The molecule has 0 rings (SSSR count). The zero-order valence-corrected chi connectivity index (χ0v) is 11.6. The lowest BCUT2D eigenvalue weighted by atomic mass is 10.2. The van der Waals surface area contributed by atoms with Gasteiger partial charge in [-0.3, -0.25) is 9.71 Å². The van der Waals surface area contributed by atoms with E-state index in [0.717, 1.165) is 0 Å². The van der Waals surface area contributed by atoms with Crippen molar-refractivity contribution >= 4 is 6.09 Å². The van der Waals surface area contributed by atoms with E-state index in [1.54, 1.807) is 41.5 Å². The van der Waals surface area contributed by atoms with Crippen molar-refractivity contribution in [3.05, 3.63) is 0 Å². The summed E-state index contributed by atoms with van der Waals surface area (Å²) in [5.74, 6) is 0. The molecule has 0 spiro atoms. The van der Waals surface area contributed by atoms with E-state index in [9.17, 15) is 9.18 Å². The van der Waals surface area contributed by atoms with Crippen LogP contribution in [0.25, 0.3) is 0 Å². The minimum absolute atomic E-state index is 0.259. The Labute approximate surface area is 103 Å². The molecule has 17 heavy (non-hydrogen) atoms. The van der Waals surface area contributed by atoms with Crippen LogP contribution in [0.15, 0.2) is 0 Å². The number of carbonyl (C=O) groups is 1. The number of ether oxygens (including phenoxy) is 2. The third kappa shape index (κ3) is 8.92. The summed E-state index contributed by atoms with van der Waals surface area (Å²) in [6, 6.07) is 0. The highest BCUT2D eigenvalue weighted by Gasteiger charge is 2.26. The van der Waals surface area contributed by atoms with E-state index in [4.69, 9.17) is 9.47 Å². The second-order valence-electron chi connectivity index (χ2n) is 5.54. The number of alkyl carbamates (subject to hydrolysis) is 1. The zero-order chi connectivity index (χ0) is 13.7. The molecule has 0 fully saturated rings. The molecule has 1 amide bonds. The highest BCUT2D eigenvalue weighted by Crippen LogP contribution is 2.13. The predicted molar refractivity (Wildman–Crippen MR) is 64.6 cm³/mol. The van der Waals surface area contributed by atoms with E-state index in [2.05, 4.69) is 5.32 Å². The largest absolute Gasteiger partial charge is 0.444 e. The Morgan fingerprint density at radius 1 is 1.29 bits per heavy atom. The van der Waals surface area contributed by atoms with Crippen molar-refractivity contribution in [1.82, 2.24) is 5.32 Å². The third-order valence-corrected chi connectivity index (χ3v) is 1.81. The lowest BCUT2D eigenvalue weighted by molar-refractivity contribution is -0.0885. The predicted octanol–water partition coefficient (Wildman–Crippen LogP) is 3.01. The van der Waals surface area contributed by atoms with Gasteiger partial charge in [-0.05, 0) is 41.5 Å². The van der Waals surface area contributed by atoms with Crippen molar-refractivity contribution < 1.29 is 18.7 Å². The average Bonchev–Trinajstić information content (AvgIpc) is 1.96. The van der Waals surface area contributed by atoms with E-state index < -0.39 is 24.1 Å². The third-order valence-electron chi connectivity index (χ3n) is 1.81. The molecule has 0 bridgehead atoms. The van der Waals surface area contributed by atoms with Gasteiger partial charge in [0.2, 0.25) is 0 Å². The van der Waals surface area contributed by atoms with Gasteiger partial charge in [-0.1, -0.05) is 0 Å². The molecule has 102 valence electrons. The van der Waals surface area contributed by atoms with Gasteiger partial charge in [0.25, 0.3) is 0 Å². The molecule has 0 saturated carbocycles. The average molecular weight is 249 g/mol. The Hall–Kier alpha value is -0.840. The minimum Gasteiger partial charge on any atom is -0.444 e. The van der Waals surface area contributed by atoms with Gasteiger partial charge in [-0.15, -0.1) is 0 Å². The first-order valence-electron chi connectivity index (χ1n) is 5.81. The summed E-state index contributed by atoms with van der Waals surface area (Å²) in [5.41, 5.74) is -1.43. The fourth-order valence-corrected chi connectivity index (χ4v) is 1.29. The van der Waals surface area contributed by atoms with Gasteiger partial charge < -0.3 is 9.47 Å². The molecule has 0 saturated heterocycles. The number of hydrogen-bond donors (Lipinski definition) is 1. The van der Waals surface area contributed by atoms with Crippen LogP contribution in [0.2, 0.25) is 0 Å². The maximum atomic E-state index is 12.1. The maximum Gasteiger partial charge on any atom is 0.409 e. The quantitative estimate of drug-likeness (QED) is 0.762. The molecular formula is C12H24FNO3. The number of alkyl halides is 1. The first-order valence-corrected chi connectivity index (χ1v) is 5.81. The van der Waals surface area contributed by atoms with Crippen molar-refractivity contribution in [2.24, 2.45) is 0 Å². The van der Waals surface area contributed by atoms with Crippen molar-refractivity contribution in [1.29, 1.82) is 0 Å². The Morgan fingerprint density at radius 2 is 1.82 bits per heavy atom. The summed E-state index contributed by atoms with van der Waals surface area (Å²) < 4.78 is 22.7. The van der Waals surface area contributed by atoms with Gasteiger partial charge in [0.1, 0.15) is 11.3 Å². The summed E-state index contributed by atoms with van der Waals surface area (Å²) in [5, 5.41) is 2.60. The second-order valence-corrected chi connectivity index (χ2v) is 5.54. The van der Waals surface area contributed by atoms with Crippen LogP contribution in [0, 0.1) is 0 Å². The highest BCUT2D eigenvalue weighted by atomic mass is 19.1. The standard InChI is InChI=1S/C12H24FNO3/c1-9(7-8-13)16-12(5,6)14-10(15)17-11(2,3)4/h9H,7-8H2,1-6H3,(H,14,15). The minimum atomic E-state index is -0.878. The molecule has 5 heteroatoms. The number of carbonyl (C=O) groups excluding carboxylic acids is 1. The van der Waals surface area contributed by atoms with Crippen LogP contribution < -0.4 is 5.32 Å². The Bertz CT molecular complexity index is 249. The Balaban J connectivity index is 4.20. The molecule has 0 aromatic heterocycles. The molecule has 0 aliphatic carbocycles. The number of amides is 1. The molecule has 1 unspecified atom stereocenters. The van der Waals surface area contributed by atoms with Gasteiger partial charge in [-0.25, -0.2) is 4.79 Å². The smallest absolute Gasteiger partial charge is 0.409 e. The van der Waals surface area contributed by atoms with Crippen LogP contribution in [-0.2, 0) is 9.47 Å². The van der Waals surface area contributed by atoms with Crippen molar-refractivity contribution in [3.8, 4) is 0 Å². The van der Waals surface area contributed by atoms with Crippen LogP contribution in [0.1, 0.15) is 48.0 Å². The number of rotatable bonds is 5. The lowest BCUT2D eigenvalue weighted by Gasteiger charge is -2.31. The molecule has 0 radical (unpaired) electrons. The van der Waals surface area contributed by atoms with Gasteiger partial charge in [-0.2, -0.15) is 0 Å². The molecule has 0 aliphatic rings. The fourth-order valence-electron chi connectivity index (χ4n) is 1.29. The van der Waals surface area contributed by atoms with E-state index in [1.807, 2.05) is 0 Å². The summed E-state index contributed by atoms with van der Waals surface area (Å²) >= 11 is 0. The van der Waals surface area contributed by atoms with Crippen LogP contribution >= 0.6 is 0 Å². The summed E-state index contributed by atoms with van der Waals surface area (Å²) in [4.78, 5) is 11.5.